The number of likely N-dealkylation sites (tertiary alicyclic amines) is 1. The highest BCUT2D eigenvalue weighted by Gasteiger charge is 2.30. The lowest BCUT2D eigenvalue weighted by atomic mass is 9.89. The van der Waals surface area contributed by atoms with E-state index in [4.69, 9.17) is 4.74 Å². The molecule has 1 unspecified atom stereocenters. The van der Waals surface area contributed by atoms with E-state index >= 15 is 0 Å². The predicted octanol–water partition coefficient (Wildman–Crippen LogP) is 5.07. The average molecular weight is 503 g/mol. The molecule has 1 fully saturated rings. The summed E-state index contributed by atoms with van der Waals surface area (Å²) in [5, 5.41) is 14.4. The number of ether oxygens (including phenoxy) is 1. The van der Waals surface area contributed by atoms with Crippen LogP contribution in [0.5, 0.6) is 5.88 Å². The van der Waals surface area contributed by atoms with Crippen molar-refractivity contribution < 1.29 is 19.2 Å². The standard InChI is InChI=1S/C28H30N4O5/c1-18-4-6-20(7-5-18)19(2)27(33)29-23-10-8-21(9-11-23)22-14-16-31(17-15-22)28(34)26-24(32(35)36)12-13-25(30-26)37-3/h4-13,19,22H,14-17H2,1-3H3,(H,29,33). The first kappa shape index (κ1) is 25.8. The van der Waals surface area contributed by atoms with Gasteiger partial charge in [0.15, 0.2) is 0 Å². The zero-order valence-corrected chi connectivity index (χ0v) is 21.1. The number of carbonyl (C=O) groups excluding carboxylic acids is 2. The summed E-state index contributed by atoms with van der Waals surface area (Å²) in [6, 6.07) is 18.4. The highest BCUT2D eigenvalue weighted by atomic mass is 16.6. The van der Waals surface area contributed by atoms with E-state index in [-0.39, 0.29) is 35.0 Å². The van der Waals surface area contributed by atoms with Crippen LogP contribution in [0.4, 0.5) is 11.4 Å². The zero-order valence-electron chi connectivity index (χ0n) is 21.1. The van der Waals surface area contributed by atoms with E-state index in [9.17, 15) is 19.7 Å². The second kappa shape index (κ2) is 11.2. The summed E-state index contributed by atoms with van der Waals surface area (Å²) >= 11 is 0. The van der Waals surface area contributed by atoms with Gasteiger partial charge in [-0.25, -0.2) is 4.98 Å². The Balaban J connectivity index is 1.35. The Labute approximate surface area is 215 Å². The Morgan fingerprint density at radius 1 is 1.05 bits per heavy atom. The molecule has 1 saturated heterocycles. The van der Waals surface area contributed by atoms with Gasteiger partial charge in [-0.15, -0.1) is 0 Å². The van der Waals surface area contributed by atoms with Gasteiger partial charge >= 0.3 is 5.69 Å². The number of rotatable bonds is 7. The molecular weight excluding hydrogens is 472 g/mol. The van der Waals surface area contributed by atoms with Crippen molar-refractivity contribution in [3.63, 3.8) is 0 Å². The Morgan fingerprint density at radius 2 is 1.70 bits per heavy atom. The summed E-state index contributed by atoms with van der Waals surface area (Å²) in [6.07, 6.45) is 1.44. The molecule has 1 atom stereocenters. The molecule has 0 spiro atoms. The maximum Gasteiger partial charge on any atom is 0.300 e. The largest absolute Gasteiger partial charge is 0.481 e. The van der Waals surface area contributed by atoms with Crippen LogP contribution < -0.4 is 10.1 Å². The minimum absolute atomic E-state index is 0.0660. The van der Waals surface area contributed by atoms with Crippen molar-refractivity contribution in [3.05, 3.63) is 93.2 Å². The van der Waals surface area contributed by atoms with Crippen LogP contribution in [-0.2, 0) is 4.79 Å². The lowest BCUT2D eigenvalue weighted by Crippen LogP contribution is -2.38. The van der Waals surface area contributed by atoms with Crippen molar-refractivity contribution in [3.8, 4) is 5.88 Å². The van der Waals surface area contributed by atoms with Gasteiger partial charge in [-0.05, 0) is 55.9 Å². The summed E-state index contributed by atoms with van der Waals surface area (Å²) in [4.78, 5) is 42.2. The first-order valence-electron chi connectivity index (χ1n) is 12.2. The SMILES string of the molecule is COc1ccc([N+](=O)[O-])c(C(=O)N2CCC(c3ccc(NC(=O)C(C)c4ccc(C)cc4)cc3)CC2)n1. The molecule has 37 heavy (non-hydrogen) atoms. The Morgan fingerprint density at radius 3 is 2.30 bits per heavy atom. The van der Waals surface area contributed by atoms with Gasteiger partial charge in [0.2, 0.25) is 17.5 Å². The molecule has 2 amide bonds. The Kier molecular flexibility index (Phi) is 7.81. The van der Waals surface area contributed by atoms with Gasteiger partial charge in [0.25, 0.3) is 5.91 Å². The third-order valence-corrected chi connectivity index (χ3v) is 6.86. The first-order chi connectivity index (χ1) is 17.8. The summed E-state index contributed by atoms with van der Waals surface area (Å²) < 4.78 is 5.04. The molecular formula is C28H30N4O5. The van der Waals surface area contributed by atoms with E-state index in [0.717, 1.165) is 35.2 Å². The van der Waals surface area contributed by atoms with E-state index in [0.29, 0.717) is 13.1 Å². The minimum Gasteiger partial charge on any atom is -0.481 e. The highest BCUT2D eigenvalue weighted by molar-refractivity contribution is 5.96. The lowest BCUT2D eigenvalue weighted by Gasteiger charge is -2.32. The molecule has 9 nitrogen and oxygen atoms in total. The number of carbonyl (C=O) groups is 2. The third kappa shape index (κ3) is 5.94. The number of methoxy groups -OCH3 is 1. The van der Waals surface area contributed by atoms with Crippen LogP contribution in [0.15, 0.2) is 60.7 Å². The summed E-state index contributed by atoms with van der Waals surface area (Å²) in [5.74, 6) is -0.400. The van der Waals surface area contributed by atoms with Crippen LogP contribution in [0.2, 0.25) is 0 Å². The van der Waals surface area contributed by atoms with E-state index in [1.54, 1.807) is 4.90 Å². The van der Waals surface area contributed by atoms with Gasteiger partial charge in [0, 0.05) is 30.9 Å². The number of piperidine rings is 1. The number of pyridine rings is 1. The number of hydrogen-bond acceptors (Lipinski definition) is 6. The number of nitrogens with one attached hydrogen (secondary N) is 1. The normalized spacial score (nSPS) is 14.6. The highest BCUT2D eigenvalue weighted by Crippen LogP contribution is 2.31. The molecule has 192 valence electrons. The van der Waals surface area contributed by atoms with Crippen molar-refractivity contribution in [1.29, 1.82) is 0 Å². The van der Waals surface area contributed by atoms with Crippen LogP contribution in [0.3, 0.4) is 0 Å². The molecule has 0 saturated carbocycles. The molecule has 0 radical (unpaired) electrons. The minimum atomic E-state index is -0.603. The van der Waals surface area contributed by atoms with Crippen LogP contribution in [0.25, 0.3) is 0 Å². The molecule has 9 heteroatoms. The smallest absolute Gasteiger partial charge is 0.300 e. The molecule has 2 heterocycles. The van der Waals surface area contributed by atoms with E-state index in [1.165, 1.54) is 19.2 Å². The predicted molar refractivity (Wildman–Crippen MR) is 140 cm³/mol. The van der Waals surface area contributed by atoms with Gasteiger partial charge in [0.05, 0.1) is 18.0 Å². The van der Waals surface area contributed by atoms with Gasteiger partial charge in [-0.1, -0.05) is 42.0 Å². The summed E-state index contributed by atoms with van der Waals surface area (Å²) in [6.45, 7) is 4.83. The molecule has 2 aromatic carbocycles. The molecule has 1 aromatic heterocycles. The fourth-order valence-corrected chi connectivity index (χ4v) is 4.51. The van der Waals surface area contributed by atoms with Gasteiger partial charge in [-0.2, -0.15) is 0 Å². The fourth-order valence-electron chi connectivity index (χ4n) is 4.51. The second-order valence-corrected chi connectivity index (χ2v) is 9.29. The number of anilines is 1. The number of benzene rings is 2. The van der Waals surface area contributed by atoms with Crippen molar-refractivity contribution in [2.75, 3.05) is 25.5 Å². The number of aromatic nitrogens is 1. The number of nitrogens with zero attached hydrogens (tertiary/aromatic N) is 3. The number of amides is 2. The quantitative estimate of drug-likeness (QED) is 0.356. The molecule has 1 aliphatic rings. The summed E-state index contributed by atoms with van der Waals surface area (Å²) in [5.41, 5.74) is 3.44. The third-order valence-electron chi connectivity index (χ3n) is 6.86. The molecule has 1 N–H and O–H groups in total. The monoisotopic (exact) mass is 502 g/mol. The van der Waals surface area contributed by atoms with Crippen molar-refractivity contribution in [2.24, 2.45) is 0 Å². The van der Waals surface area contributed by atoms with Gasteiger partial charge in [0.1, 0.15) is 0 Å². The Hall–Kier alpha value is -4.27. The first-order valence-corrected chi connectivity index (χ1v) is 12.2. The lowest BCUT2D eigenvalue weighted by molar-refractivity contribution is -0.385. The van der Waals surface area contributed by atoms with Gasteiger partial charge < -0.3 is 15.0 Å². The van der Waals surface area contributed by atoms with Crippen LogP contribution in [0, 0.1) is 17.0 Å². The maximum absolute atomic E-state index is 13.0. The number of nitro groups is 1. The average Bonchev–Trinajstić information content (AvgIpc) is 2.92. The molecule has 0 aliphatic carbocycles. The Bertz CT molecular complexity index is 1280. The zero-order chi connectivity index (χ0) is 26.5. The van der Waals surface area contributed by atoms with Crippen molar-refractivity contribution >= 4 is 23.2 Å². The van der Waals surface area contributed by atoms with Crippen LogP contribution in [-0.4, -0.2) is 46.8 Å². The number of aryl methyl sites for hydroxylation is 1. The van der Waals surface area contributed by atoms with E-state index in [1.807, 2.05) is 62.4 Å². The molecule has 3 aromatic rings. The summed E-state index contributed by atoms with van der Waals surface area (Å²) in [7, 11) is 1.40. The second-order valence-electron chi connectivity index (χ2n) is 9.29. The van der Waals surface area contributed by atoms with E-state index < -0.39 is 10.8 Å². The van der Waals surface area contributed by atoms with Crippen molar-refractivity contribution in [2.45, 2.75) is 38.5 Å². The maximum atomic E-state index is 13.0. The molecule has 1 aliphatic heterocycles. The van der Waals surface area contributed by atoms with Crippen LogP contribution in [0.1, 0.15) is 58.8 Å². The van der Waals surface area contributed by atoms with Crippen molar-refractivity contribution in [1.82, 2.24) is 9.88 Å². The van der Waals surface area contributed by atoms with E-state index in [2.05, 4.69) is 10.3 Å². The molecule has 0 bridgehead atoms. The number of hydrogen-bond donors (Lipinski definition) is 1. The van der Waals surface area contributed by atoms with Crippen LogP contribution >= 0.6 is 0 Å². The topological polar surface area (TPSA) is 115 Å². The fraction of sp³-hybridized carbons (Fsp3) is 0.321. The molecule has 4 rings (SSSR count). The van der Waals surface area contributed by atoms with Gasteiger partial charge in [-0.3, -0.25) is 19.7 Å².